The van der Waals surface area contributed by atoms with Crippen LogP contribution in [-0.4, -0.2) is 43.7 Å². The quantitative estimate of drug-likeness (QED) is 0.230. The number of carbonyl (C=O) groups excluding carboxylic acids is 3. The number of nitrogens with two attached hydrogens (primary N) is 1. The number of hydrogen-bond donors (Lipinski definition) is 3. The first-order chi connectivity index (χ1) is 17.6. The van der Waals surface area contributed by atoms with Crippen LogP contribution in [0.2, 0.25) is 0 Å². The van der Waals surface area contributed by atoms with Crippen LogP contribution in [0.1, 0.15) is 113 Å². The van der Waals surface area contributed by atoms with Gasteiger partial charge in [0.25, 0.3) is 5.91 Å². The summed E-state index contributed by atoms with van der Waals surface area (Å²) in [7, 11) is 0. The monoisotopic (exact) mass is 491 g/mol. The highest BCUT2D eigenvalue weighted by Crippen LogP contribution is 2.27. The molecule has 0 bridgehead atoms. The Bertz CT molecular complexity index is 1020. The van der Waals surface area contributed by atoms with E-state index in [9.17, 15) is 14.4 Å². The number of benzene rings is 2. The van der Waals surface area contributed by atoms with Gasteiger partial charge in [-0.2, -0.15) is 0 Å². The Morgan fingerprint density at radius 3 is 1.75 bits per heavy atom. The van der Waals surface area contributed by atoms with Crippen molar-refractivity contribution in [3.8, 4) is 0 Å². The Balaban J connectivity index is 1.25. The maximum absolute atomic E-state index is 12.9. The first kappa shape index (κ1) is 27.8. The smallest absolute Gasteiger partial charge is 0.251 e. The van der Waals surface area contributed by atoms with Gasteiger partial charge in [0.2, 0.25) is 0 Å². The van der Waals surface area contributed by atoms with Gasteiger partial charge in [-0.15, -0.1) is 0 Å². The molecule has 1 aliphatic rings. The highest BCUT2D eigenvalue weighted by atomic mass is 16.2. The van der Waals surface area contributed by atoms with Crippen molar-refractivity contribution in [3.63, 3.8) is 0 Å². The Kier molecular flexibility index (Phi) is 11.8. The van der Waals surface area contributed by atoms with Gasteiger partial charge in [-0.3, -0.25) is 14.4 Å². The minimum atomic E-state index is -0.218. The molecule has 0 saturated heterocycles. The lowest BCUT2D eigenvalue weighted by molar-refractivity contribution is 0.0950. The molecule has 194 valence electrons. The zero-order valence-corrected chi connectivity index (χ0v) is 21.5. The number of unbranched alkanes of at least 4 members (excludes halogenated alkanes) is 9. The van der Waals surface area contributed by atoms with Crippen LogP contribution in [0.25, 0.3) is 0 Å². The SMILES string of the molecule is NCCCCCCCCCCCNCCCCNC(=O)c1ccc2c(c1)C(=O)c1ccccc1C2=O. The van der Waals surface area contributed by atoms with E-state index in [4.69, 9.17) is 5.73 Å². The molecule has 36 heavy (non-hydrogen) atoms. The molecule has 2 aromatic rings. The summed E-state index contributed by atoms with van der Waals surface area (Å²) in [6.45, 7) is 3.40. The maximum atomic E-state index is 12.9. The molecular weight excluding hydrogens is 450 g/mol. The Labute approximate surface area is 215 Å². The highest BCUT2D eigenvalue weighted by Gasteiger charge is 2.29. The molecule has 6 nitrogen and oxygen atoms in total. The van der Waals surface area contributed by atoms with Gasteiger partial charge in [-0.05, 0) is 63.5 Å². The van der Waals surface area contributed by atoms with Crippen molar-refractivity contribution in [2.75, 3.05) is 26.2 Å². The summed E-state index contributed by atoms with van der Waals surface area (Å²) in [6.07, 6.45) is 13.5. The molecule has 1 amide bonds. The molecular formula is C30H41N3O3. The van der Waals surface area contributed by atoms with Crippen LogP contribution in [0.4, 0.5) is 0 Å². The van der Waals surface area contributed by atoms with E-state index in [1.807, 2.05) is 0 Å². The van der Waals surface area contributed by atoms with Crippen LogP contribution < -0.4 is 16.4 Å². The topological polar surface area (TPSA) is 101 Å². The molecule has 3 rings (SSSR count). The highest BCUT2D eigenvalue weighted by molar-refractivity contribution is 6.28. The van der Waals surface area contributed by atoms with Gasteiger partial charge in [0.05, 0.1) is 0 Å². The van der Waals surface area contributed by atoms with E-state index in [1.165, 1.54) is 51.4 Å². The predicted octanol–water partition coefficient (Wildman–Crippen LogP) is 5.03. The van der Waals surface area contributed by atoms with Crippen molar-refractivity contribution in [1.82, 2.24) is 10.6 Å². The zero-order valence-electron chi connectivity index (χ0n) is 21.5. The van der Waals surface area contributed by atoms with Crippen LogP contribution in [0, 0.1) is 0 Å². The average molecular weight is 492 g/mol. The van der Waals surface area contributed by atoms with Gasteiger partial charge in [0.1, 0.15) is 0 Å². The standard InChI is InChI=1S/C30H41N3O3/c31-18-10-6-4-2-1-3-5-7-11-19-32-20-12-13-21-33-30(36)23-16-17-26-27(22-23)29(35)25-15-9-8-14-24(25)28(26)34/h8-9,14-17,22,32H,1-7,10-13,18-21,31H2,(H,33,36). The lowest BCUT2D eigenvalue weighted by Gasteiger charge is -2.18. The number of carbonyl (C=O) groups is 3. The number of hydrogen-bond acceptors (Lipinski definition) is 5. The van der Waals surface area contributed by atoms with Gasteiger partial charge in [0.15, 0.2) is 11.6 Å². The van der Waals surface area contributed by atoms with Gasteiger partial charge < -0.3 is 16.4 Å². The summed E-state index contributed by atoms with van der Waals surface area (Å²) in [5.74, 6) is -0.600. The average Bonchev–Trinajstić information content (AvgIpc) is 2.91. The minimum Gasteiger partial charge on any atom is -0.352 e. The fourth-order valence-corrected chi connectivity index (χ4v) is 4.68. The summed E-state index contributed by atoms with van der Waals surface area (Å²) in [5.41, 5.74) is 7.40. The number of fused-ring (bicyclic) bond motifs is 2. The van der Waals surface area contributed by atoms with E-state index in [0.717, 1.165) is 38.9 Å². The third-order valence-corrected chi connectivity index (χ3v) is 6.81. The molecule has 0 saturated carbocycles. The third-order valence-electron chi connectivity index (χ3n) is 6.81. The summed E-state index contributed by atoms with van der Waals surface area (Å²) in [5, 5.41) is 6.42. The van der Waals surface area contributed by atoms with Crippen LogP contribution >= 0.6 is 0 Å². The van der Waals surface area contributed by atoms with Crippen LogP contribution in [-0.2, 0) is 0 Å². The lowest BCUT2D eigenvalue weighted by atomic mass is 9.83. The van der Waals surface area contributed by atoms with E-state index >= 15 is 0 Å². The fourth-order valence-electron chi connectivity index (χ4n) is 4.68. The third kappa shape index (κ3) is 8.10. The largest absolute Gasteiger partial charge is 0.352 e. The van der Waals surface area contributed by atoms with Crippen molar-refractivity contribution >= 4 is 17.5 Å². The zero-order chi connectivity index (χ0) is 25.6. The van der Waals surface area contributed by atoms with Crippen molar-refractivity contribution < 1.29 is 14.4 Å². The Morgan fingerprint density at radius 2 is 1.11 bits per heavy atom. The number of rotatable bonds is 17. The van der Waals surface area contributed by atoms with Gasteiger partial charge in [0, 0.05) is 34.4 Å². The molecule has 0 unspecified atom stereocenters. The molecule has 4 N–H and O–H groups in total. The van der Waals surface area contributed by atoms with Crippen molar-refractivity contribution in [1.29, 1.82) is 0 Å². The number of nitrogens with one attached hydrogen (secondary N) is 2. The number of ketones is 2. The summed E-state index contributed by atoms with van der Waals surface area (Å²) >= 11 is 0. The summed E-state index contributed by atoms with van der Waals surface area (Å²) in [4.78, 5) is 38.1. The first-order valence-electron chi connectivity index (χ1n) is 13.6. The molecule has 2 aromatic carbocycles. The second-order valence-corrected chi connectivity index (χ2v) is 9.65. The number of amides is 1. The molecule has 0 radical (unpaired) electrons. The normalized spacial score (nSPS) is 12.4. The van der Waals surface area contributed by atoms with Gasteiger partial charge in [-0.1, -0.05) is 69.2 Å². The van der Waals surface area contributed by atoms with Gasteiger partial charge >= 0.3 is 0 Å². The van der Waals surface area contributed by atoms with E-state index in [-0.39, 0.29) is 17.5 Å². The second-order valence-electron chi connectivity index (χ2n) is 9.65. The van der Waals surface area contributed by atoms with E-state index in [1.54, 1.807) is 42.5 Å². The Morgan fingerprint density at radius 1 is 0.611 bits per heavy atom. The van der Waals surface area contributed by atoms with Crippen molar-refractivity contribution in [3.05, 3.63) is 70.3 Å². The van der Waals surface area contributed by atoms with E-state index in [2.05, 4.69) is 10.6 Å². The molecule has 0 atom stereocenters. The van der Waals surface area contributed by atoms with Crippen LogP contribution in [0.15, 0.2) is 42.5 Å². The lowest BCUT2D eigenvalue weighted by Crippen LogP contribution is -2.27. The molecule has 0 spiro atoms. The van der Waals surface area contributed by atoms with Crippen molar-refractivity contribution in [2.45, 2.75) is 70.6 Å². The van der Waals surface area contributed by atoms with Crippen LogP contribution in [0.3, 0.4) is 0 Å². The molecule has 6 heteroatoms. The second kappa shape index (κ2) is 15.3. The van der Waals surface area contributed by atoms with Crippen molar-refractivity contribution in [2.24, 2.45) is 5.73 Å². The van der Waals surface area contributed by atoms with Gasteiger partial charge in [-0.25, -0.2) is 0 Å². The summed E-state index contributed by atoms with van der Waals surface area (Å²) in [6, 6.07) is 11.6. The van der Waals surface area contributed by atoms with Crippen LogP contribution in [0.5, 0.6) is 0 Å². The molecule has 1 aliphatic carbocycles. The molecule has 0 aliphatic heterocycles. The predicted molar refractivity (Wildman–Crippen MR) is 145 cm³/mol. The molecule has 0 heterocycles. The molecule has 0 fully saturated rings. The Hall–Kier alpha value is -2.83. The fraction of sp³-hybridized carbons (Fsp3) is 0.500. The maximum Gasteiger partial charge on any atom is 0.251 e. The van der Waals surface area contributed by atoms with E-state index < -0.39 is 0 Å². The first-order valence-corrected chi connectivity index (χ1v) is 13.6. The van der Waals surface area contributed by atoms with E-state index in [0.29, 0.717) is 34.4 Å². The molecule has 0 aromatic heterocycles. The summed E-state index contributed by atoms with van der Waals surface area (Å²) < 4.78 is 0. The minimum absolute atomic E-state index is 0.172.